The van der Waals surface area contributed by atoms with Crippen molar-refractivity contribution in [3.8, 4) is 5.75 Å². The maximum atomic E-state index is 12.0. The van der Waals surface area contributed by atoms with Gasteiger partial charge in [-0.15, -0.1) is 0 Å². The van der Waals surface area contributed by atoms with E-state index in [0.717, 1.165) is 21.9 Å². The van der Waals surface area contributed by atoms with E-state index in [1.807, 2.05) is 26.0 Å². The number of amides is 1. The van der Waals surface area contributed by atoms with E-state index < -0.39 is 5.97 Å². The number of aryl methyl sites for hydroxylation is 2. The Bertz CT molecular complexity index is 764. The molecule has 0 radical (unpaired) electrons. The van der Waals surface area contributed by atoms with Crippen molar-refractivity contribution in [2.45, 2.75) is 26.7 Å². The van der Waals surface area contributed by atoms with Crippen LogP contribution in [0.25, 0.3) is 0 Å². The Morgan fingerprint density at radius 2 is 1.69 bits per heavy atom. The molecule has 0 bridgehead atoms. The minimum absolute atomic E-state index is 0.108. The second kappa shape index (κ2) is 9.25. The summed E-state index contributed by atoms with van der Waals surface area (Å²) in [4.78, 5) is 23.3. The summed E-state index contributed by atoms with van der Waals surface area (Å²) in [5.74, 6) is 0.235. The minimum Gasteiger partial charge on any atom is -0.494 e. The lowest BCUT2D eigenvalue weighted by atomic mass is 10.1. The molecule has 0 spiro atoms. The van der Waals surface area contributed by atoms with E-state index in [9.17, 15) is 9.59 Å². The topological polar surface area (TPSA) is 64.6 Å². The van der Waals surface area contributed by atoms with Gasteiger partial charge in [0, 0.05) is 17.1 Å². The van der Waals surface area contributed by atoms with Crippen molar-refractivity contribution < 1.29 is 19.1 Å². The SMILES string of the molecule is COC(=O)c1ccc(NC(=O)CCCOc2cc(C)c(Cl)c(C)c2)cc1. The van der Waals surface area contributed by atoms with E-state index in [-0.39, 0.29) is 5.91 Å². The van der Waals surface area contributed by atoms with Crippen LogP contribution in [0.5, 0.6) is 5.75 Å². The van der Waals surface area contributed by atoms with Gasteiger partial charge in [0.1, 0.15) is 5.75 Å². The highest BCUT2D eigenvalue weighted by atomic mass is 35.5. The second-order valence-corrected chi connectivity index (χ2v) is 6.32. The molecule has 6 heteroatoms. The molecule has 5 nitrogen and oxygen atoms in total. The number of esters is 1. The fourth-order valence-electron chi connectivity index (χ4n) is 2.44. The van der Waals surface area contributed by atoms with Crippen LogP contribution in [0.4, 0.5) is 5.69 Å². The summed E-state index contributed by atoms with van der Waals surface area (Å²) >= 11 is 6.13. The van der Waals surface area contributed by atoms with Gasteiger partial charge in [0.2, 0.25) is 5.91 Å². The number of carbonyl (C=O) groups excluding carboxylic acids is 2. The number of hydrogen-bond acceptors (Lipinski definition) is 4. The number of methoxy groups -OCH3 is 1. The summed E-state index contributed by atoms with van der Waals surface area (Å²) in [5.41, 5.74) is 3.00. The Morgan fingerprint density at radius 3 is 2.27 bits per heavy atom. The molecular weight excluding hydrogens is 354 g/mol. The van der Waals surface area contributed by atoms with Crippen LogP contribution in [0.2, 0.25) is 5.02 Å². The predicted octanol–water partition coefficient (Wildman–Crippen LogP) is 4.54. The second-order valence-electron chi connectivity index (χ2n) is 5.94. The highest BCUT2D eigenvalue weighted by molar-refractivity contribution is 6.32. The van der Waals surface area contributed by atoms with Crippen molar-refractivity contribution in [2.75, 3.05) is 19.0 Å². The number of rotatable bonds is 7. The third-order valence-electron chi connectivity index (χ3n) is 3.82. The summed E-state index contributed by atoms with van der Waals surface area (Å²) in [6.07, 6.45) is 0.928. The Labute approximate surface area is 158 Å². The number of benzene rings is 2. The molecule has 0 aromatic heterocycles. The van der Waals surface area contributed by atoms with Crippen LogP contribution in [0.3, 0.4) is 0 Å². The van der Waals surface area contributed by atoms with Gasteiger partial charge in [-0.1, -0.05) is 11.6 Å². The van der Waals surface area contributed by atoms with Crippen LogP contribution in [0.1, 0.15) is 34.3 Å². The molecule has 0 aliphatic rings. The van der Waals surface area contributed by atoms with Gasteiger partial charge in [-0.25, -0.2) is 4.79 Å². The first-order valence-corrected chi connectivity index (χ1v) is 8.66. The van der Waals surface area contributed by atoms with Crippen molar-refractivity contribution in [2.24, 2.45) is 0 Å². The zero-order valence-corrected chi connectivity index (χ0v) is 15.9. The third kappa shape index (κ3) is 5.49. The molecule has 26 heavy (non-hydrogen) atoms. The van der Waals surface area contributed by atoms with Crippen molar-refractivity contribution >= 4 is 29.2 Å². The standard InChI is InChI=1S/C20H22ClNO4/c1-13-11-17(12-14(2)19(13)21)26-10-4-5-18(23)22-16-8-6-15(7-9-16)20(24)25-3/h6-9,11-12H,4-5,10H2,1-3H3,(H,22,23). The van der Waals surface area contributed by atoms with E-state index in [2.05, 4.69) is 10.1 Å². The molecule has 1 N–H and O–H groups in total. The maximum absolute atomic E-state index is 12.0. The zero-order chi connectivity index (χ0) is 19.1. The first-order valence-electron chi connectivity index (χ1n) is 8.28. The molecule has 2 aromatic rings. The molecule has 0 saturated heterocycles. The lowest BCUT2D eigenvalue weighted by molar-refractivity contribution is -0.116. The number of hydrogen-bond donors (Lipinski definition) is 1. The van der Waals surface area contributed by atoms with Gasteiger partial charge in [-0.2, -0.15) is 0 Å². The molecule has 2 aromatic carbocycles. The normalized spacial score (nSPS) is 10.3. The first-order chi connectivity index (χ1) is 12.4. The van der Waals surface area contributed by atoms with E-state index in [0.29, 0.717) is 30.7 Å². The van der Waals surface area contributed by atoms with Gasteiger partial charge in [0.25, 0.3) is 0 Å². The largest absolute Gasteiger partial charge is 0.494 e. The highest BCUT2D eigenvalue weighted by Gasteiger charge is 2.07. The number of halogens is 1. The summed E-state index contributed by atoms with van der Waals surface area (Å²) in [6.45, 7) is 4.30. The van der Waals surface area contributed by atoms with Gasteiger partial charge >= 0.3 is 5.97 Å². The monoisotopic (exact) mass is 375 g/mol. The van der Waals surface area contributed by atoms with Crippen LogP contribution in [0.15, 0.2) is 36.4 Å². The van der Waals surface area contributed by atoms with E-state index >= 15 is 0 Å². The van der Waals surface area contributed by atoms with Crippen LogP contribution in [-0.4, -0.2) is 25.6 Å². The number of carbonyl (C=O) groups is 2. The molecule has 0 aliphatic heterocycles. The third-order valence-corrected chi connectivity index (χ3v) is 4.41. The summed E-state index contributed by atoms with van der Waals surface area (Å²) in [5, 5.41) is 3.53. The molecular formula is C20H22ClNO4. The smallest absolute Gasteiger partial charge is 0.337 e. The zero-order valence-electron chi connectivity index (χ0n) is 15.1. The van der Waals surface area contributed by atoms with Gasteiger partial charge in [0.05, 0.1) is 19.3 Å². The average molecular weight is 376 g/mol. The van der Waals surface area contributed by atoms with Gasteiger partial charge in [0.15, 0.2) is 0 Å². The summed E-state index contributed by atoms with van der Waals surface area (Å²) < 4.78 is 10.3. The van der Waals surface area contributed by atoms with Gasteiger partial charge in [-0.3, -0.25) is 4.79 Å². The van der Waals surface area contributed by atoms with Crippen LogP contribution >= 0.6 is 11.6 Å². The molecule has 0 fully saturated rings. The van der Waals surface area contributed by atoms with Crippen molar-refractivity contribution in [3.05, 3.63) is 58.1 Å². The molecule has 1 amide bonds. The number of nitrogens with one attached hydrogen (secondary N) is 1. The van der Waals surface area contributed by atoms with Crippen molar-refractivity contribution in [1.82, 2.24) is 0 Å². The Balaban J connectivity index is 1.76. The molecule has 0 unspecified atom stereocenters. The Kier molecular flexibility index (Phi) is 7.04. The molecule has 138 valence electrons. The van der Waals surface area contributed by atoms with Crippen LogP contribution in [0, 0.1) is 13.8 Å². The lowest BCUT2D eigenvalue weighted by Crippen LogP contribution is -2.13. The maximum Gasteiger partial charge on any atom is 0.337 e. The highest BCUT2D eigenvalue weighted by Crippen LogP contribution is 2.25. The summed E-state index contributed by atoms with van der Waals surface area (Å²) in [6, 6.07) is 10.3. The molecule has 0 aliphatic carbocycles. The molecule has 0 atom stereocenters. The van der Waals surface area contributed by atoms with Crippen LogP contribution < -0.4 is 10.1 Å². The lowest BCUT2D eigenvalue weighted by Gasteiger charge is -2.10. The van der Waals surface area contributed by atoms with Gasteiger partial charge in [-0.05, 0) is 67.8 Å². The fraction of sp³-hybridized carbons (Fsp3) is 0.300. The van der Waals surface area contributed by atoms with E-state index in [1.54, 1.807) is 24.3 Å². The quantitative estimate of drug-likeness (QED) is 0.570. The minimum atomic E-state index is -0.410. The molecule has 0 heterocycles. The Hall–Kier alpha value is -2.53. The van der Waals surface area contributed by atoms with E-state index in [1.165, 1.54) is 7.11 Å². The fourth-order valence-corrected chi connectivity index (χ4v) is 2.55. The average Bonchev–Trinajstić information content (AvgIpc) is 2.63. The van der Waals surface area contributed by atoms with Gasteiger partial charge < -0.3 is 14.8 Å². The van der Waals surface area contributed by atoms with Crippen molar-refractivity contribution in [1.29, 1.82) is 0 Å². The first kappa shape index (κ1) is 19.8. The summed E-state index contributed by atoms with van der Waals surface area (Å²) in [7, 11) is 1.33. The molecule has 2 rings (SSSR count). The number of ether oxygens (including phenoxy) is 2. The predicted molar refractivity (Wildman–Crippen MR) is 102 cm³/mol. The number of anilines is 1. The van der Waals surface area contributed by atoms with Crippen LogP contribution in [-0.2, 0) is 9.53 Å². The molecule has 0 saturated carbocycles. The van der Waals surface area contributed by atoms with E-state index in [4.69, 9.17) is 16.3 Å². The van der Waals surface area contributed by atoms with Crippen molar-refractivity contribution in [3.63, 3.8) is 0 Å². The Morgan fingerprint density at radius 1 is 1.08 bits per heavy atom.